The van der Waals surface area contributed by atoms with Crippen LogP contribution >= 0.6 is 23.4 Å². The summed E-state index contributed by atoms with van der Waals surface area (Å²) < 4.78 is 34.6. The van der Waals surface area contributed by atoms with E-state index in [9.17, 15) is 38.4 Å². The van der Waals surface area contributed by atoms with Crippen LogP contribution in [0.25, 0.3) is 0 Å². The van der Waals surface area contributed by atoms with Crippen LogP contribution in [0.3, 0.4) is 0 Å². The van der Waals surface area contributed by atoms with E-state index in [-0.39, 0.29) is 50.0 Å². The number of allylic oxidation sites excluding steroid dienone is 3. The highest BCUT2D eigenvalue weighted by molar-refractivity contribution is 7.98. The molecular formula is C52H82ClN7O14S. The van der Waals surface area contributed by atoms with E-state index in [0.717, 1.165) is 27.5 Å². The molecule has 0 aromatic heterocycles. The van der Waals surface area contributed by atoms with Gasteiger partial charge in [-0.1, -0.05) is 70.4 Å². The molecule has 8 unspecified atom stereocenters. The molecule has 8 atom stereocenters. The Balaban J connectivity index is 0.00000197. The molecule has 3 saturated heterocycles. The van der Waals surface area contributed by atoms with E-state index in [2.05, 4.69) is 41.4 Å². The Bertz CT molecular complexity index is 2160. The molecule has 7 amide bonds. The van der Waals surface area contributed by atoms with Gasteiger partial charge < -0.3 is 55.0 Å². The van der Waals surface area contributed by atoms with Crippen LogP contribution < -0.4 is 31.7 Å². The predicted molar refractivity (Wildman–Crippen MR) is 285 cm³/mol. The average Bonchev–Trinajstić information content (AvgIpc) is 4.00. The summed E-state index contributed by atoms with van der Waals surface area (Å²) in [5.41, 5.74) is 5.91. The minimum Gasteiger partial charge on any atom is -0.495 e. The van der Waals surface area contributed by atoms with Gasteiger partial charge in [-0.15, -0.1) is 0 Å². The van der Waals surface area contributed by atoms with Gasteiger partial charge in [0.05, 0.1) is 50.4 Å². The first-order valence-electron chi connectivity index (χ1n) is 25.2. The first-order chi connectivity index (χ1) is 35.4. The van der Waals surface area contributed by atoms with Crippen molar-refractivity contribution in [1.82, 2.24) is 31.1 Å². The van der Waals surface area contributed by atoms with Crippen molar-refractivity contribution in [2.45, 2.75) is 136 Å². The van der Waals surface area contributed by atoms with Crippen LogP contribution in [0.5, 0.6) is 5.75 Å². The second kappa shape index (κ2) is 32.2. The number of methoxy groups -OCH3 is 2. The van der Waals surface area contributed by atoms with Crippen molar-refractivity contribution in [1.29, 1.82) is 0 Å². The number of benzene rings is 1. The number of hydrogen-bond acceptors (Lipinski definition) is 16. The molecule has 0 spiro atoms. The zero-order chi connectivity index (χ0) is 56.6. The molecule has 0 radical (unpaired) electrons. The van der Waals surface area contributed by atoms with E-state index in [1.165, 1.54) is 53.0 Å². The number of rotatable bonds is 26. The van der Waals surface area contributed by atoms with Crippen LogP contribution in [0.2, 0.25) is 5.02 Å². The number of halogens is 1. The van der Waals surface area contributed by atoms with Crippen molar-refractivity contribution in [3.8, 4) is 5.75 Å². The highest BCUT2D eigenvalue weighted by atomic mass is 35.5. The molecule has 3 fully saturated rings. The van der Waals surface area contributed by atoms with Gasteiger partial charge in [-0.05, 0) is 81.9 Å². The number of cyclic esters (lactones) is 1. The van der Waals surface area contributed by atoms with Gasteiger partial charge in [0.2, 0.25) is 35.4 Å². The zero-order valence-electron chi connectivity index (χ0n) is 46.0. The number of likely N-dealkylation sites (tertiary alicyclic amines) is 1. The van der Waals surface area contributed by atoms with E-state index in [1.807, 2.05) is 50.7 Å². The molecule has 75 heavy (non-hydrogen) atoms. The Morgan fingerprint density at radius 1 is 1.05 bits per heavy atom. The first-order valence-corrected chi connectivity index (χ1v) is 27.0. The van der Waals surface area contributed by atoms with Gasteiger partial charge >= 0.3 is 12.1 Å². The maximum atomic E-state index is 13.5. The molecule has 23 heteroatoms. The monoisotopic (exact) mass is 1100 g/mol. The summed E-state index contributed by atoms with van der Waals surface area (Å²) in [6.07, 6.45) is 6.20. The highest BCUT2D eigenvalue weighted by Crippen LogP contribution is 2.49. The number of nitrogens with one attached hydrogen (secondary N) is 4. The van der Waals surface area contributed by atoms with E-state index >= 15 is 0 Å². The summed E-state index contributed by atoms with van der Waals surface area (Å²) in [7, 11) is 5.68. The number of ether oxygens (including phenoxy) is 6. The lowest BCUT2D eigenvalue weighted by Crippen LogP contribution is -2.60. The molecule has 1 aromatic carbocycles. The van der Waals surface area contributed by atoms with Crippen LogP contribution in [0.1, 0.15) is 99.5 Å². The fourth-order valence-corrected chi connectivity index (χ4v) is 8.05. The predicted octanol–water partition coefficient (Wildman–Crippen LogP) is 4.62. The van der Waals surface area contributed by atoms with Crippen molar-refractivity contribution in [2.75, 3.05) is 66.5 Å². The normalized spacial score (nSPS) is 22.2. The molecule has 4 rings (SSSR count). The van der Waals surface area contributed by atoms with Crippen molar-refractivity contribution in [3.63, 3.8) is 0 Å². The summed E-state index contributed by atoms with van der Waals surface area (Å²) in [5, 5.41) is 10.4. The van der Waals surface area contributed by atoms with Gasteiger partial charge in [0.25, 0.3) is 5.91 Å². The SMILES string of the molecule is CCCCN.CCSC.CNC(=O)CC(OC(=O)C(C)N(C)C(=O)CNC(=O)CNC(=O)CCN1C(=O)CC(C(C)C)C1=O)C1(C)OC1C(C)C1CC(OC)(O/C=C/C=C(\C)Cc2ccc(Cl)c(OC)c2)NC(=O)O1. The second-order valence-electron chi connectivity index (χ2n) is 18.9. The quantitative estimate of drug-likeness (QED) is 0.0211. The van der Waals surface area contributed by atoms with Crippen molar-refractivity contribution < 1.29 is 66.8 Å². The number of carbonyl (C=O) groups excluding carboxylic acids is 8. The number of esters is 1. The van der Waals surface area contributed by atoms with Crippen LogP contribution in [0.15, 0.2) is 42.2 Å². The lowest BCUT2D eigenvalue weighted by Gasteiger charge is -2.40. The first kappa shape index (κ1) is 65.7. The lowest BCUT2D eigenvalue weighted by atomic mass is 9.86. The lowest BCUT2D eigenvalue weighted by molar-refractivity contribution is -0.241. The van der Waals surface area contributed by atoms with E-state index in [0.29, 0.717) is 17.2 Å². The molecule has 6 N–H and O–H groups in total. The summed E-state index contributed by atoms with van der Waals surface area (Å²) in [6.45, 7) is 14.5. The minimum atomic E-state index is -1.61. The standard InChI is InChI=1S/C45H63ClN6O14.C4H11N.C3H8S/c1-25(2)30-20-38(56)52(41(30)58)16-15-35(53)48-23-37(55)49-24-39(57)51(8)28(5)42(59)65-34(21-36(54)47-7)44(6)40(66-44)27(4)33-22-45(62-10,50-43(60)64-33)63-17-11-12-26(3)18-29-13-14-31(46)32(19-29)61-9;1-2-3-4-5;1-3-4-2/h11-14,17,19,25,27-28,30,33-34,40H,15-16,18,20-24H2,1-10H3,(H,47,54)(H,48,53)(H,49,55)(H,50,60);2-5H2,1H3;3H2,1-2H3/b17-11+,26-12+;;. The number of epoxide rings is 1. The van der Waals surface area contributed by atoms with Gasteiger partial charge in [0.15, 0.2) is 0 Å². The molecule has 1 aromatic rings. The number of nitrogens with zero attached hydrogens (tertiary/aromatic N) is 2. The van der Waals surface area contributed by atoms with E-state index in [1.54, 1.807) is 33.1 Å². The number of nitrogens with two attached hydrogens (primary N) is 1. The zero-order valence-corrected chi connectivity index (χ0v) is 47.5. The number of carbonyl (C=O) groups is 8. The third-order valence-electron chi connectivity index (χ3n) is 13.0. The minimum absolute atomic E-state index is 0.0168. The summed E-state index contributed by atoms with van der Waals surface area (Å²) in [5.74, 6) is -4.67. The van der Waals surface area contributed by atoms with Crippen molar-refractivity contribution in [2.24, 2.45) is 23.5 Å². The van der Waals surface area contributed by atoms with Crippen molar-refractivity contribution >= 4 is 70.9 Å². The number of likely N-dealkylation sites (N-methyl/N-ethyl adjacent to an activating group) is 1. The molecule has 0 aliphatic carbocycles. The Kier molecular flexibility index (Phi) is 28.2. The summed E-state index contributed by atoms with van der Waals surface area (Å²) >= 11 is 8.01. The molecule has 422 valence electrons. The smallest absolute Gasteiger partial charge is 0.412 e. The van der Waals surface area contributed by atoms with E-state index in [4.69, 9.17) is 45.8 Å². The van der Waals surface area contributed by atoms with Crippen LogP contribution in [-0.2, 0) is 63.7 Å². The number of alkyl carbamates (subject to hydrolysis) is 1. The molecule has 0 bridgehead atoms. The molecule has 3 aliphatic rings. The molecule has 3 heterocycles. The summed E-state index contributed by atoms with van der Waals surface area (Å²) in [6, 6.07) is 4.35. The summed E-state index contributed by atoms with van der Waals surface area (Å²) in [4.78, 5) is 104. The molecule has 0 saturated carbocycles. The topological polar surface area (TPSA) is 276 Å². The third kappa shape index (κ3) is 20.6. The van der Waals surface area contributed by atoms with Gasteiger partial charge in [-0.25, -0.2) is 9.59 Å². The molecule has 3 aliphatic heterocycles. The van der Waals surface area contributed by atoms with E-state index < -0.39 is 96.5 Å². The second-order valence-corrected chi connectivity index (χ2v) is 20.4. The maximum Gasteiger partial charge on any atom is 0.412 e. The number of hydrogen-bond donors (Lipinski definition) is 5. The fourth-order valence-electron chi connectivity index (χ4n) is 7.86. The Hall–Kier alpha value is -5.42. The molecule has 21 nitrogen and oxygen atoms in total. The van der Waals surface area contributed by atoms with Gasteiger partial charge in [0.1, 0.15) is 29.6 Å². The molecular weight excluding hydrogens is 1010 g/mol. The Morgan fingerprint density at radius 2 is 1.72 bits per heavy atom. The van der Waals surface area contributed by atoms with Gasteiger partial charge in [0, 0.05) is 52.4 Å². The van der Waals surface area contributed by atoms with Crippen molar-refractivity contribution in [3.05, 3.63) is 52.8 Å². The van der Waals surface area contributed by atoms with Crippen LogP contribution in [0, 0.1) is 17.8 Å². The largest absolute Gasteiger partial charge is 0.495 e. The third-order valence-corrected chi connectivity index (χ3v) is 13.8. The number of imide groups is 1. The van der Waals surface area contributed by atoms with Crippen LogP contribution in [-0.4, -0.2) is 160 Å². The van der Waals surface area contributed by atoms with Gasteiger partial charge in [-0.3, -0.25) is 39.0 Å². The Morgan fingerprint density at radius 3 is 2.28 bits per heavy atom. The van der Waals surface area contributed by atoms with Gasteiger partial charge in [-0.2, -0.15) is 11.8 Å². The highest BCUT2D eigenvalue weighted by Gasteiger charge is 2.64. The maximum absolute atomic E-state index is 13.5. The average molecular weight is 1100 g/mol. The Labute approximate surface area is 451 Å². The number of thioether (sulfide) groups is 1. The van der Waals surface area contributed by atoms with Crippen LogP contribution in [0.4, 0.5) is 4.79 Å². The fraction of sp³-hybridized carbons (Fsp3) is 0.654. The number of amides is 7. The number of unbranched alkanes of at least 4 members (excludes halogenated alkanes) is 1.